The molecule has 0 saturated heterocycles. The average Bonchev–Trinajstić information content (AvgIpc) is 2.46. The third-order valence-corrected chi connectivity index (χ3v) is 3.38. The summed E-state index contributed by atoms with van der Waals surface area (Å²) in [7, 11) is 0. The number of carbonyl (C=O) groups excluding carboxylic acids is 1. The molecule has 1 aromatic carbocycles. The number of aryl methyl sites for hydroxylation is 1. The van der Waals surface area contributed by atoms with E-state index in [1.807, 2.05) is 0 Å². The second kappa shape index (κ2) is 6.27. The van der Waals surface area contributed by atoms with E-state index in [2.05, 4.69) is 4.98 Å². The van der Waals surface area contributed by atoms with Gasteiger partial charge in [0, 0.05) is 5.56 Å². The van der Waals surface area contributed by atoms with Gasteiger partial charge in [-0.25, -0.2) is 18.6 Å². The van der Waals surface area contributed by atoms with Crippen LogP contribution in [-0.4, -0.2) is 17.6 Å². The van der Waals surface area contributed by atoms with Crippen molar-refractivity contribution in [2.45, 2.75) is 13.8 Å². The minimum atomic E-state index is -0.783. The standard InChI is InChI=1S/C15H13ClF2N2O2/c1-3-22-15(21)14-13(16)11(19)6-12(20-14)8-5-9(17)7(2)4-10(8)18/h4-6H,3H2,1-2H3,(H2,19,20). The topological polar surface area (TPSA) is 65.2 Å². The molecule has 2 N–H and O–H groups in total. The number of hydrogen-bond donors (Lipinski definition) is 1. The quantitative estimate of drug-likeness (QED) is 0.872. The number of nitrogens with two attached hydrogens (primary N) is 1. The van der Waals surface area contributed by atoms with Crippen LogP contribution in [0.25, 0.3) is 11.3 Å². The summed E-state index contributed by atoms with van der Waals surface area (Å²) in [5.74, 6) is -2.05. The van der Waals surface area contributed by atoms with Crippen molar-refractivity contribution in [2.24, 2.45) is 0 Å². The minimum absolute atomic E-state index is 0.00125. The highest BCUT2D eigenvalue weighted by atomic mass is 35.5. The second-order valence-electron chi connectivity index (χ2n) is 4.56. The van der Waals surface area contributed by atoms with Gasteiger partial charge in [0.1, 0.15) is 11.6 Å². The Kier molecular flexibility index (Phi) is 4.61. The molecule has 0 aliphatic heterocycles. The van der Waals surface area contributed by atoms with Crippen molar-refractivity contribution < 1.29 is 18.3 Å². The van der Waals surface area contributed by atoms with E-state index in [9.17, 15) is 13.6 Å². The molecule has 4 nitrogen and oxygen atoms in total. The summed E-state index contributed by atoms with van der Waals surface area (Å²) in [5.41, 5.74) is 5.55. The van der Waals surface area contributed by atoms with Gasteiger partial charge in [-0.05, 0) is 37.6 Å². The van der Waals surface area contributed by atoms with Gasteiger partial charge in [0.25, 0.3) is 0 Å². The summed E-state index contributed by atoms with van der Waals surface area (Å²) in [6.07, 6.45) is 0. The van der Waals surface area contributed by atoms with Crippen molar-refractivity contribution in [3.63, 3.8) is 0 Å². The van der Waals surface area contributed by atoms with Gasteiger partial charge in [-0.1, -0.05) is 11.6 Å². The van der Waals surface area contributed by atoms with Gasteiger partial charge in [-0.15, -0.1) is 0 Å². The number of nitrogen functional groups attached to an aromatic ring is 1. The van der Waals surface area contributed by atoms with Crippen LogP contribution in [0.5, 0.6) is 0 Å². The zero-order chi connectivity index (χ0) is 16.4. The number of carbonyl (C=O) groups is 1. The molecule has 7 heteroatoms. The molecule has 0 fully saturated rings. The van der Waals surface area contributed by atoms with Gasteiger partial charge in [-0.2, -0.15) is 0 Å². The number of rotatable bonds is 3. The monoisotopic (exact) mass is 326 g/mol. The smallest absolute Gasteiger partial charge is 0.358 e. The molecule has 0 aliphatic rings. The van der Waals surface area contributed by atoms with Gasteiger partial charge in [0.05, 0.1) is 23.0 Å². The zero-order valence-electron chi connectivity index (χ0n) is 11.9. The maximum Gasteiger partial charge on any atom is 0.358 e. The molecular weight excluding hydrogens is 314 g/mol. The number of benzene rings is 1. The first-order valence-corrected chi connectivity index (χ1v) is 6.82. The third-order valence-electron chi connectivity index (χ3n) is 2.98. The van der Waals surface area contributed by atoms with E-state index in [0.29, 0.717) is 0 Å². The first-order valence-electron chi connectivity index (χ1n) is 6.44. The zero-order valence-corrected chi connectivity index (χ0v) is 12.7. The summed E-state index contributed by atoms with van der Waals surface area (Å²) in [6, 6.07) is 3.31. The number of nitrogens with zero attached hydrogens (tertiary/aromatic N) is 1. The molecule has 0 atom stereocenters. The molecule has 0 aliphatic carbocycles. The van der Waals surface area contributed by atoms with Crippen LogP contribution in [0.2, 0.25) is 5.02 Å². The van der Waals surface area contributed by atoms with Crippen molar-refractivity contribution in [3.05, 3.63) is 46.1 Å². The molecule has 22 heavy (non-hydrogen) atoms. The Hall–Kier alpha value is -2.21. The predicted molar refractivity (Wildman–Crippen MR) is 79.7 cm³/mol. The summed E-state index contributed by atoms with van der Waals surface area (Å²) >= 11 is 5.92. The molecule has 0 saturated carbocycles. The number of halogens is 3. The Morgan fingerprint density at radius 3 is 2.64 bits per heavy atom. The molecule has 2 rings (SSSR count). The largest absolute Gasteiger partial charge is 0.461 e. The van der Waals surface area contributed by atoms with E-state index in [-0.39, 0.29) is 39.8 Å². The number of ether oxygens (including phenoxy) is 1. The number of pyridine rings is 1. The van der Waals surface area contributed by atoms with Crippen LogP contribution in [0.4, 0.5) is 14.5 Å². The fourth-order valence-corrected chi connectivity index (χ4v) is 2.04. The lowest BCUT2D eigenvalue weighted by Gasteiger charge is -2.10. The Morgan fingerprint density at radius 1 is 1.32 bits per heavy atom. The highest BCUT2D eigenvalue weighted by Crippen LogP contribution is 2.30. The van der Waals surface area contributed by atoms with Crippen molar-refractivity contribution in [1.82, 2.24) is 4.98 Å². The van der Waals surface area contributed by atoms with Gasteiger partial charge in [0.15, 0.2) is 5.69 Å². The van der Waals surface area contributed by atoms with Gasteiger partial charge in [0.2, 0.25) is 0 Å². The molecule has 0 amide bonds. The summed E-state index contributed by atoms with van der Waals surface area (Å²) in [6.45, 7) is 3.18. The number of aromatic nitrogens is 1. The predicted octanol–water partition coefficient (Wildman–Crippen LogP) is 3.75. The van der Waals surface area contributed by atoms with Gasteiger partial charge in [-0.3, -0.25) is 0 Å². The summed E-state index contributed by atoms with van der Waals surface area (Å²) in [4.78, 5) is 15.8. The van der Waals surface area contributed by atoms with Crippen molar-refractivity contribution in [2.75, 3.05) is 12.3 Å². The lowest BCUT2D eigenvalue weighted by molar-refractivity contribution is 0.0520. The Labute approximate surface area is 130 Å². The minimum Gasteiger partial charge on any atom is -0.461 e. The number of anilines is 1. The first-order chi connectivity index (χ1) is 10.3. The molecular formula is C15H13ClF2N2O2. The Bertz CT molecular complexity index is 751. The molecule has 0 bridgehead atoms. The lowest BCUT2D eigenvalue weighted by atomic mass is 10.1. The van der Waals surface area contributed by atoms with Crippen molar-refractivity contribution in [1.29, 1.82) is 0 Å². The first kappa shape index (κ1) is 16.2. The molecule has 1 heterocycles. The van der Waals surface area contributed by atoms with Crippen LogP contribution in [-0.2, 0) is 4.74 Å². The second-order valence-corrected chi connectivity index (χ2v) is 4.94. The molecule has 0 unspecified atom stereocenters. The van der Waals surface area contributed by atoms with E-state index < -0.39 is 17.6 Å². The van der Waals surface area contributed by atoms with E-state index in [1.165, 1.54) is 13.0 Å². The maximum absolute atomic E-state index is 14.0. The van der Waals surface area contributed by atoms with E-state index >= 15 is 0 Å². The van der Waals surface area contributed by atoms with Crippen LogP contribution < -0.4 is 5.73 Å². The van der Waals surface area contributed by atoms with Crippen LogP contribution >= 0.6 is 11.6 Å². The SMILES string of the molecule is CCOC(=O)c1nc(-c2cc(F)c(C)cc2F)cc(N)c1Cl. The van der Waals surface area contributed by atoms with E-state index in [4.69, 9.17) is 22.1 Å². The number of hydrogen-bond acceptors (Lipinski definition) is 4. The fourth-order valence-electron chi connectivity index (χ4n) is 1.86. The van der Waals surface area contributed by atoms with Crippen LogP contribution in [0.1, 0.15) is 23.0 Å². The summed E-state index contributed by atoms with van der Waals surface area (Å²) in [5, 5.41) is -0.0878. The normalized spacial score (nSPS) is 10.6. The van der Waals surface area contributed by atoms with Crippen LogP contribution in [0.3, 0.4) is 0 Å². The maximum atomic E-state index is 14.0. The van der Waals surface area contributed by atoms with E-state index in [1.54, 1.807) is 6.92 Å². The lowest BCUT2D eigenvalue weighted by Crippen LogP contribution is -2.10. The summed E-state index contributed by atoms with van der Waals surface area (Å²) < 4.78 is 32.5. The van der Waals surface area contributed by atoms with E-state index in [0.717, 1.165) is 12.1 Å². The highest BCUT2D eigenvalue weighted by Gasteiger charge is 2.20. The fraction of sp³-hybridized carbons (Fsp3) is 0.200. The van der Waals surface area contributed by atoms with Gasteiger partial charge < -0.3 is 10.5 Å². The average molecular weight is 327 g/mol. The highest BCUT2D eigenvalue weighted by molar-refractivity contribution is 6.35. The molecule has 2 aromatic rings. The van der Waals surface area contributed by atoms with Crippen molar-refractivity contribution in [3.8, 4) is 11.3 Å². The Balaban J connectivity index is 2.62. The van der Waals surface area contributed by atoms with Crippen LogP contribution in [0, 0.1) is 18.6 Å². The van der Waals surface area contributed by atoms with Gasteiger partial charge >= 0.3 is 5.97 Å². The Morgan fingerprint density at radius 2 is 2.00 bits per heavy atom. The molecule has 1 aromatic heterocycles. The van der Waals surface area contributed by atoms with Crippen molar-refractivity contribution >= 4 is 23.3 Å². The number of esters is 1. The molecule has 116 valence electrons. The molecule has 0 radical (unpaired) electrons. The van der Waals surface area contributed by atoms with Crippen LogP contribution in [0.15, 0.2) is 18.2 Å². The molecule has 0 spiro atoms. The third kappa shape index (κ3) is 3.01.